The summed E-state index contributed by atoms with van der Waals surface area (Å²) in [4.78, 5) is 11.8. The van der Waals surface area contributed by atoms with E-state index in [1.807, 2.05) is 0 Å². The normalized spacial score (nSPS) is 12.0. The summed E-state index contributed by atoms with van der Waals surface area (Å²) in [5.41, 5.74) is 6.85. The lowest BCUT2D eigenvalue weighted by atomic mass is 10.2. The minimum Gasteiger partial charge on any atom is -0.497 e. The van der Waals surface area contributed by atoms with Crippen molar-refractivity contribution in [3.8, 4) is 5.75 Å². The van der Waals surface area contributed by atoms with Crippen LogP contribution in [-0.2, 0) is 4.79 Å². The lowest BCUT2D eigenvalue weighted by Crippen LogP contribution is -2.15. The van der Waals surface area contributed by atoms with Gasteiger partial charge in [0.1, 0.15) is 5.75 Å². The number of aliphatic hydroxyl groups excluding tert-OH is 2. The van der Waals surface area contributed by atoms with Crippen molar-refractivity contribution in [2.45, 2.75) is 18.9 Å². The largest absolute Gasteiger partial charge is 0.497 e. The molecule has 0 spiro atoms. The van der Waals surface area contributed by atoms with Crippen LogP contribution in [0.5, 0.6) is 5.75 Å². The van der Waals surface area contributed by atoms with Gasteiger partial charge in [-0.1, -0.05) is 0 Å². The number of anilines is 2. The van der Waals surface area contributed by atoms with Gasteiger partial charge < -0.3 is 26.0 Å². The molecule has 1 amide bonds. The third-order valence-corrected chi connectivity index (χ3v) is 3.94. The Kier molecular flexibility index (Phi) is 7.96. The van der Waals surface area contributed by atoms with Crippen LogP contribution in [0.3, 0.4) is 0 Å². The minimum absolute atomic E-state index is 0.102. The van der Waals surface area contributed by atoms with Crippen molar-refractivity contribution in [3.63, 3.8) is 0 Å². The highest BCUT2D eigenvalue weighted by molar-refractivity contribution is 7.99. The summed E-state index contributed by atoms with van der Waals surface area (Å²) in [6.07, 6.45) is 0.390. The number of aliphatic hydroxyl groups is 2. The summed E-state index contributed by atoms with van der Waals surface area (Å²) in [5.74, 6) is 1.77. The summed E-state index contributed by atoms with van der Waals surface area (Å²) in [6.45, 7) is -0.232. The van der Waals surface area contributed by atoms with E-state index in [4.69, 9.17) is 20.7 Å². The summed E-state index contributed by atoms with van der Waals surface area (Å²) in [7, 11) is 1.55. The van der Waals surface area contributed by atoms with Crippen LogP contribution in [-0.4, -0.2) is 47.4 Å². The zero-order chi connectivity index (χ0) is 15.7. The number of nitrogen functional groups attached to an aromatic ring is 1. The van der Waals surface area contributed by atoms with Crippen LogP contribution in [0.1, 0.15) is 12.8 Å². The van der Waals surface area contributed by atoms with Gasteiger partial charge in [0.15, 0.2) is 0 Å². The second-order valence-corrected chi connectivity index (χ2v) is 5.67. The Hall–Kier alpha value is -1.44. The number of hydrogen-bond acceptors (Lipinski definition) is 6. The average Bonchev–Trinajstić information content (AvgIpc) is 2.48. The Morgan fingerprint density at radius 1 is 1.52 bits per heavy atom. The number of benzene rings is 1. The Morgan fingerprint density at radius 2 is 2.29 bits per heavy atom. The summed E-state index contributed by atoms with van der Waals surface area (Å²) in [5, 5.41) is 20.6. The second-order valence-electron chi connectivity index (χ2n) is 4.52. The van der Waals surface area contributed by atoms with Crippen molar-refractivity contribution in [2.24, 2.45) is 0 Å². The van der Waals surface area contributed by atoms with Gasteiger partial charge in [-0.25, -0.2) is 0 Å². The van der Waals surface area contributed by atoms with E-state index in [9.17, 15) is 4.79 Å². The maximum Gasteiger partial charge on any atom is 0.224 e. The monoisotopic (exact) mass is 314 g/mol. The predicted octanol–water partition coefficient (Wildman–Crippen LogP) is 1.08. The van der Waals surface area contributed by atoms with Gasteiger partial charge in [-0.05, 0) is 24.3 Å². The molecule has 118 valence electrons. The Balaban J connectivity index is 2.28. The van der Waals surface area contributed by atoms with Crippen molar-refractivity contribution in [1.29, 1.82) is 0 Å². The Morgan fingerprint density at radius 3 is 2.90 bits per heavy atom. The van der Waals surface area contributed by atoms with Crippen LogP contribution in [0.25, 0.3) is 0 Å². The van der Waals surface area contributed by atoms with E-state index in [2.05, 4.69) is 5.32 Å². The summed E-state index contributed by atoms with van der Waals surface area (Å²) in [6, 6.07) is 5.10. The number of nitrogens with two attached hydrogens (primary N) is 1. The van der Waals surface area contributed by atoms with Crippen molar-refractivity contribution < 1.29 is 19.7 Å². The molecule has 6 nitrogen and oxygen atoms in total. The zero-order valence-electron chi connectivity index (χ0n) is 12.0. The molecule has 5 N–H and O–H groups in total. The number of carbonyl (C=O) groups excluding carboxylic acids is 1. The molecule has 1 rings (SSSR count). The number of rotatable bonds is 9. The standard InChI is InChI=1S/C14H22N2O4S/c1-20-11-4-5-13(12(15)7-11)16-14(19)3-2-6-21-9-10(18)8-17/h4-5,7,10,17-18H,2-3,6,8-9,15H2,1H3,(H,16,19). The van der Waals surface area contributed by atoms with E-state index in [0.717, 1.165) is 5.75 Å². The van der Waals surface area contributed by atoms with E-state index in [0.29, 0.717) is 35.7 Å². The first-order valence-corrected chi connectivity index (χ1v) is 7.82. The number of thioether (sulfide) groups is 1. The smallest absolute Gasteiger partial charge is 0.224 e. The highest BCUT2D eigenvalue weighted by Crippen LogP contribution is 2.24. The molecule has 0 saturated heterocycles. The molecule has 0 aliphatic rings. The molecule has 0 heterocycles. The first-order chi connectivity index (χ1) is 10.1. The first-order valence-electron chi connectivity index (χ1n) is 6.67. The number of methoxy groups -OCH3 is 1. The molecule has 0 aromatic heterocycles. The number of hydrogen-bond donors (Lipinski definition) is 4. The molecule has 0 fully saturated rings. The van der Waals surface area contributed by atoms with Gasteiger partial charge in [-0.2, -0.15) is 11.8 Å². The highest BCUT2D eigenvalue weighted by atomic mass is 32.2. The second kappa shape index (κ2) is 9.49. The van der Waals surface area contributed by atoms with Crippen LogP contribution < -0.4 is 15.8 Å². The number of carbonyl (C=O) groups is 1. The van der Waals surface area contributed by atoms with Crippen LogP contribution in [0.2, 0.25) is 0 Å². The molecular formula is C14H22N2O4S. The Labute approximate surface area is 128 Å². The highest BCUT2D eigenvalue weighted by Gasteiger charge is 2.07. The maximum atomic E-state index is 11.8. The molecule has 21 heavy (non-hydrogen) atoms. The Bertz CT molecular complexity index is 457. The van der Waals surface area contributed by atoms with Crippen LogP contribution in [0, 0.1) is 0 Å². The maximum absolute atomic E-state index is 11.8. The van der Waals surface area contributed by atoms with E-state index >= 15 is 0 Å². The number of nitrogens with one attached hydrogen (secondary N) is 1. The first kappa shape index (κ1) is 17.6. The van der Waals surface area contributed by atoms with Gasteiger partial charge in [0.2, 0.25) is 5.91 Å². The topological polar surface area (TPSA) is 105 Å². The predicted molar refractivity (Wildman–Crippen MR) is 85.7 cm³/mol. The fourth-order valence-corrected chi connectivity index (χ4v) is 2.49. The molecule has 0 aliphatic carbocycles. The lowest BCUT2D eigenvalue weighted by molar-refractivity contribution is -0.116. The lowest BCUT2D eigenvalue weighted by Gasteiger charge is -2.10. The molecule has 1 unspecified atom stereocenters. The molecule has 0 saturated carbocycles. The molecule has 1 aromatic carbocycles. The van der Waals surface area contributed by atoms with Gasteiger partial charge in [-0.3, -0.25) is 4.79 Å². The fourth-order valence-electron chi connectivity index (χ4n) is 1.60. The van der Waals surface area contributed by atoms with Gasteiger partial charge in [-0.15, -0.1) is 0 Å². The number of amides is 1. The van der Waals surface area contributed by atoms with Crippen LogP contribution >= 0.6 is 11.8 Å². The minimum atomic E-state index is -0.692. The van der Waals surface area contributed by atoms with Gasteiger partial charge in [0.05, 0.1) is 31.2 Å². The van der Waals surface area contributed by atoms with Crippen LogP contribution in [0.4, 0.5) is 11.4 Å². The van der Waals surface area contributed by atoms with Gasteiger partial charge in [0, 0.05) is 18.2 Å². The molecule has 0 aliphatic heterocycles. The third kappa shape index (κ3) is 6.70. The van der Waals surface area contributed by atoms with E-state index in [1.165, 1.54) is 11.8 Å². The third-order valence-electron chi connectivity index (χ3n) is 2.75. The number of ether oxygens (including phenoxy) is 1. The van der Waals surface area contributed by atoms with Crippen molar-refractivity contribution >= 4 is 29.0 Å². The van der Waals surface area contributed by atoms with Crippen molar-refractivity contribution in [2.75, 3.05) is 36.3 Å². The molecule has 0 radical (unpaired) electrons. The van der Waals surface area contributed by atoms with Crippen molar-refractivity contribution in [3.05, 3.63) is 18.2 Å². The zero-order valence-corrected chi connectivity index (χ0v) is 12.9. The van der Waals surface area contributed by atoms with E-state index in [-0.39, 0.29) is 12.5 Å². The molecule has 0 bridgehead atoms. The van der Waals surface area contributed by atoms with E-state index in [1.54, 1.807) is 25.3 Å². The average molecular weight is 314 g/mol. The molecule has 7 heteroatoms. The summed E-state index contributed by atoms with van der Waals surface area (Å²) >= 11 is 1.51. The van der Waals surface area contributed by atoms with Gasteiger partial charge >= 0.3 is 0 Å². The van der Waals surface area contributed by atoms with Crippen LogP contribution in [0.15, 0.2) is 18.2 Å². The molecule has 1 aromatic rings. The molecule has 1 atom stereocenters. The fraction of sp³-hybridized carbons (Fsp3) is 0.500. The molecular weight excluding hydrogens is 292 g/mol. The van der Waals surface area contributed by atoms with Crippen molar-refractivity contribution in [1.82, 2.24) is 0 Å². The van der Waals surface area contributed by atoms with Gasteiger partial charge in [0.25, 0.3) is 0 Å². The SMILES string of the molecule is COc1ccc(NC(=O)CCCSCC(O)CO)c(N)c1. The van der Waals surface area contributed by atoms with E-state index < -0.39 is 6.10 Å². The summed E-state index contributed by atoms with van der Waals surface area (Å²) < 4.78 is 5.04. The quantitative estimate of drug-likeness (QED) is 0.402.